The zero-order valence-corrected chi connectivity index (χ0v) is 11.8. The van der Waals surface area contributed by atoms with Crippen LogP contribution in [0.25, 0.3) is 0 Å². The van der Waals surface area contributed by atoms with Gasteiger partial charge in [0.15, 0.2) is 0 Å². The summed E-state index contributed by atoms with van der Waals surface area (Å²) >= 11 is 1.41. The van der Waals surface area contributed by atoms with Crippen LogP contribution in [0.15, 0.2) is 22.1 Å². The lowest BCUT2D eigenvalue weighted by Crippen LogP contribution is -2.38. The van der Waals surface area contributed by atoms with Gasteiger partial charge in [0.25, 0.3) is 5.22 Å². The van der Waals surface area contributed by atoms with Gasteiger partial charge in [-0.15, -0.1) is 0 Å². The lowest BCUT2D eigenvalue weighted by Gasteiger charge is -2.34. The van der Waals surface area contributed by atoms with E-state index in [-0.39, 0.29) is 11.9 Å². The summed E-state index contributed by atoms with van der Waals surface area (Å²) in [6, 6.07) is 0. The molecule has 0 saturated heterocycles. The fourth-order valence-corrected chi connectivity index (χ4v) is 3.21. The molecule has 0 spiro atoms. The Labute approximate surface area is 116 Å². The van der Waals surface area contributed by atoms with Gasteiger partial charge in [-0.3, -0.25) is 4.79 Å². The van der Waals surface area contributed by atoms with Crippen molar-refractivity contribution in [2.24, 2.45) is 5.92 Å². The lowest BCUT2D eigenvalue weighted by atomic mass is 9.80. The Morgan fingerprint density at radius 2 is 2.37 bits per heavy atom. The molecule has 0 radical (unpaired) electrons. The minimum Gasteiger partial charge on any atom is -0.466 e. The van der Waals surface area contributed by atoms with Gasteiger partial charge in [0.05, 0.1) is 24.3 Å². The van der Waals surface area contributed by atoms with E-state index in [2.05, 4.69) is 4.98 Å². The summed E-state index contributed by atoms with van der Waals surface area (Å²) in [6.07, 6.45) is 5.70. The Hall–Kier alpha value is -1.01. The van der Waals surface area contributed by atoms with Crippen LogP contribution in [0, 0.1) is 5.92 Å². The second-order valence-electron chi connectivity index (χ2n) is 4.84. The molecule has 0 amide bonds. The Morgan fingerprint density at radius 3 is 2.95 bits per heavy atom. The van der Waals surface area contributed by atoms with Gasteiger partial charge in [0.1, 0.15) is 6.26 Å². The second kappa shape index (κ2) is 6.43. The van der Waals surface area contributed by atoms with Gasteiger partial charge in [0.2, 0.25) is 0 Å². The van der Waals surface area contributed by atoms with Crippen LogP contribution < -0.4 is 0 Å². The van der Waals surface area contributed by atoms with E-state index in [1.165, 1.54) is 18.0 Å². The van der Waals surface area contributed by atoms with E-state index < -0.39 is 5.60 Å². The van der Waals surface area contributed by atoms with E-state index in [1.54, 1.807) is 6.20 Å². The molecule has 106 valence electrons. The highest BCUT2D eigenvalue weighted by molar-refractivity contribution is 7.99. The summed E-state index contributed by atoms with van der Waals surface area (Å²) in [4.78, 5) is 15.6. The molecule has 0 aliphatic heterocycles. The standard InChI is InChI=1S/C13H19NO4S/c1-2-17-11(15)10-3-5-13(16,6-4-10)9-19-12-14-7-8-18-12/h7-8,10,16H,2-6,9H2,1H3. The average molecular weight is 285 g/mol. The number of oxazole rings is 1. The SMILES string of the molecule is CCOC(=O)C1CCC(O)(CSc2ncco2)CC1. The first-order valence-electron chi connectivity index (χ1n) is 6.54. The fraction of sp³-hybridized carbons (Fsp3) is 0.692. The zero-order chi connectivity index (χ0) is 13.7. The largest absolute Gasteiger partial charge is 0.466 e. The van der Waals surface area contributed by atoms with E-state index in [9.17, 15) is 9.90 Å². The van der Waals surface area contributed by atoms with E-state index in [4.69, 9.17) is 9.15 Å². The van der Waals surface area contributed by atoms with E-state index in [1.807, 2.05) is 6.92 Å². The maximum Gasteiger partial charge on any atom is 0.308 e. The van der Waals surface area contributed by atoms with Gasteiger partial charge < -0.3 is 14.3 Å². The number of carbonyl (C=O) groups excluding carboxylic acids is 1. The Kier molecular flexibility index (Phi) is 4.87. The Morgan fingerprint density at radius 1 is 1.63 bits per heavy atom. The molecule has 1 N–H and O–H groups in total. The van der Waals surface area contributed by atoms with Crippen molar-refractivity contribution in [1.82, 2.24) is 4.98 Å². The summed E-state index contributed by atoms with van der Waals surface area (Å²) in [5.74, 6) is 0.347. The molecule has 1 heterocycles. The van der Waals surface area contributed by atoms with Gasteiger partial charge in [-0.2, -0.15) is 0 Å². The molecule has 2 rings (SSSR count). The van der Waals surface area contributed by atoms with Gasteiger partial charge in [-0.1, -0.05) is 11.8 Å². The minimum atomic E-state index is -0.734. The number of thioether (sulfide) groups is 1. The van der Waals surface area contributed by atoms with Crippen molar-refractivity contribution in [2.75, 3.05) is 12.4 Å². The molecule has 0 aromatic carbocycles. The summed E-state index contributed by atoms with van der Waals surface area (Å²) in [5, 5.41) is 11.0. The molecule has 1 aliphatic carbocycles. The smallest absolute Gasteiger partial charge is 0.308 e. The zero-order valence-electron chi connectivity index (χ0n) is 11.0. The first-order valence-corrected chi connectivity index (χ1v) is 7.53. The van der Waals surface area contributed by atoms with Crippen LogP contribution in [0.2, 0.25) is 0 Å². The maximum absolute atomic E-state index is 11.6. The Balaban J connectivity index is 1.79. The first kappa shape index (κ1) is 14.4. The predicted molar refractivity (Wildman–Crippen MR) is 70.8 cm³/mol. The number of rotatable bonds is 5. The maximum atomic E-state index is 11.6. The molecule has 1 fully saturated rings. The number of ether oxygens (including phenoxy) is 1. The summed E-state index contributed by atoms with van der Waals surface area (Å²) in [6.45, 7) is 2.23. The molecule has 6 heteroatoms. The summed E-state index contributed by atoms with van der Waals surface area (Å²) in [5.41, 5.74) is -0.734. The molecule has 19 heavy (non-hydrogen) atoms. The van der Waals surface area contributed by atoms with Gasteiger partial charge in [-0.05, 0) is 32.6 Å². The highest BCUT2D eigenvalue weighted by atomic mass is 32.2. The molecule has 1 aromatic rings. The van der Waals surface area contributed by atoms with Crippen molar-refractivity contribution in [1.29, 1.82) is 0 Å². The molecule has 1 aromatic heterocycles. The third-order valence-corrected chi connectivity index (χ3v) is 4.54. The number of carbonyl (C=O) groups is 1. The van der Waals surface area contributed by atoms with Crippen molar-refractivity contribution in [2.45, 2.75) is 43.4 Å². The number of nitrogens with zero attached hydrogens (tertiary/aromatic N) is 1. The number of hydrogen-bond donors (Lipinski definition) is 1. The molecular formula is C13H19NO4S. The molecule has 1 aliphatic rings. The van der Waals surface area contributed by atoms with Crippen molar-refractivity contribution in [3.05, 3.63) is 12.5 Å². The highest BCUT2D eigenvalue weighted by Gasteiger charge is 2.36. The van der Waals surface area contributed by atoms with Crippen LogP contribution in [0.3, 0.4) is 0 Å². The number of aliphatic hydroxyl groups is 1. The molecule has 0 atom stereocenters. The number of aromatic nitrogens is 1. The van der Waals surface area contributed by atoms with Crippen LogP contribution in [0.5, 0.6) is 0 Å². The average Bonchev–Trinajstić information content (AvgIpc) is 2.91. The van der Waals surface area contributed by atoms with Crippen LogP contribution in [0.1, 0.15) is 32.6 Å². The summed E-state index contributed by atoms with van der Waals surface area (Å²) < 4.78 is 10.1. The molecular weight excluding hydrogens is 266 g/mol. The Bertz CT molecular complexity index is 399. The first-order chi connectivity index (χ1) is 9.13. The molecule has 1 saturated carbocycles. The summed E-state index contributed by atoms with van der Waals surface area (Å²) in [7, 11) is 0. The topological polar surface area (TPSA) is 72.6 Å². The number of hydrogen-bond acceptors (Lipinski definition) is 6. The van der Waals surface area contributed by atoms with Gasteiger partial charge in [-0.25, -0.2) is 4.98 Å². The van der Waals surface area contributed by atoms with Gasteiger partial charge in [0, 0.05) is 5.75 Å². The van der Waals surface area contributed by atoms with E-state index in [0.717, 1.165) is 0 Å². The van der Waals surface area contributed by atoms with Crippen molar-refractivity contribution in [3.8, 4) is 0 Å². The second-order valence-corrected chi connectivity index (χ2v) is 5.76. The van der Waals surface area contributed by atoms with E-state index >= 15 is 0 Å². The van der Waals surface area contributed by atoms with Crippen LogP contribution in [0.4, 0.5) is 0 Å². The number of esters is 1. The van der Waals surface area contributed by atoms with Crippen LogP contribution in [-0.4, -0.2) is 34.0 Å². The predicted octanol–water partition coefficient (Wildman–Crippen LogP) is 2.25. The monoisotopic (exact) mass is 285 g/mol. The fourth-order valence-electron chi connectivity index (χ4n) is 2.27. The quantitative estimate of drug-likeness (QED) is 0.661. The van der Waals surface area contributed by atoms with Crippen LogP contribution >= 0.6 is 11.8 Å². The molecule has 0 bridgehead atoms. The van der Waals surface area contributed by atoms with Crippen molar-refractivity contribution >= 4 is 17.7 Å². The molecule has 5 nitrogen and oxygen atoms in total. The third-order valence-electron chi connectivity index (χ3n) is 3.41. The normalized spacial score (nSPS) is 27.2. The van der Waals surface area contributed by atoms with Crippen LogP contribution in [-0.2, 0) is 9.53 Å². The minimum absolute atomic E-state index is 0.0630. The van der Waals surface area contributed by atoms with Gasteiger partial charge >= 0.3 is 5.97 Å². The van der Waals surface area contributed by atoms with E-state index in [0.29, 0.717) is 43.3 Å². The van der Waals surface area contributed by atoms with Crippen molar-refractivity contribution in [3.63, 3.8) is 0 Å². The third kappa shape index (κ3) is 3.98. The highest BCUT2D eigenvalue weighted by Crippen LogP contribution is 2.36. The van der Waals surface area contributed by atoms with Crippen molar-refractivity contribution < 1.29 is 19.1 Å². The lowest BCUT2D eigenvalue weighted by molar-refractivity contribution is -0.150. The molecule has 0 unspecified atom stereocenters.